The van der Waals surface area contributed by atoms with E-state index in [0.717, 1.165) is 52.2 Å². The smallest absolute Gasteiger partial charge is 0.160 e. The number of nitrogens with zero attached hydrogens (tertiary/aromatic N) is 2. The molecular weight excluding hydrogens is 761 g/mol. The first-order valence-electron chi connectivity index (χ1n) is 22.3. The normalized spacial score (nSPS) is 15.8. The zero-order chi connectivity index (χ0) is 42.3. The van der Waals surface area contributed by atoms with Crippen molar-refractivity contribution in [1.29, 1.82) is 0 Å². The highest BCUT2D eigenvalue weighted by Gasteiger charge is 2.53. The fraction of sp³-hybridized carbons (Fsp3) is 0.115. The molecule has 300 valence electrons. The third-order valence-corrected chi connectivity index (χ3v) is 14.3. The molecule has 0 atom stereocenters. The number of amidine groups is 1. The van der Waals surface area contributed by atoms with Crippen molar-refractivity contribution in [3.63, 3.8) is 0 Å². The standard InChI is InChI=1S/C61H46N2/c1-39-29-36-57(44-34-35-54-56(38-44)61(55-28-16-15-27-53(55)60(54,2)3)51-25-13-11-23-48(51)49-24-12-14-26-52(49)61)62-59(50-37-43-19-7-8-20-45(43)46-21-9-10-22-47(46)50)63-58(39)42-32-30-41(31-33-42)40-17-5-4-6-18-40/h4-28,30-35,37-38H,29,36H2,1-3H3. The number of aliphatic imine (C=N–C) groups is 2. The predicted molar refractivity (Wildman–Crippen MR) is 264 cm³/mol. The van der Waals surface area contributed by atoms with Gasteiger partial charge in [-0.15, -0.1) is 0 Å². The minimum absolute atomic E-state index is 0.216. The van der Waals surface area contributed by atoms with E-state index < -0.39 is 5.41 Å². The first kappa shape index (κ1) is 37.4. The SMILES string of the molecule is CC1=C(c2ccc(-c3ccccc3)cc2)N=C(c2cc3ccccc3c3ccccc23)N=C(c2ccc3c(c2)C2(c4ccccc4-c4ccccc42)c2ccccc2C3(C)C)CC1. The summed E-state index contributed by atoms with van der Waals surface area (Å²) < 4.78 is 0. The van der Waals surface area contributed by atoms with E-state index in [1.807, 2.05) is 0 Å². The Morgan fingerprint density at radius 2 is 0.921 bits per heavy atom. The van der Waals surface area contributed by atoms with Gasteiger partial charge in [-0.2, -0.15) is 0 Å². The molecule has 0 saturated heterocycles. The third kappa shape index (κ3) is 5.64. The Morgan fingerprint density at radius 3 is 1.65 bits per heavy atom. The highest BCUT2D eigenvalue weighted by Crippen LogP contribution is 2.62. The monoisotopic (exact) mass is 806 g/mol. The fourth-order valence-corrected chi connectivity index (χ4v) is 11.2. The molecule has 0 unspecified atom stereocenters. The summed E-state index contributed by atoms with van der Waals surface area (Å²) in [6.45, 7) is 7.06. The number of hydrogen-bond acceptors (Lipinski definition) is 2. The molecule has 3 aliphatic rings. The van der Waals surface area contributed by atoms with Crippen LogP contribution in [0.1, 0.15) is 83.7 Å². The van der Waals surface area contributed by atoms with Gasteiger partial charge in [-0.3, -0.25) is 0 Å². The summed E-state index contributed by atoms with van der Waals surface area (Å²) in [7, 11) is 0. The quantitative estimate of drug-likeness (QED) is 0.158. The predicted octanol–water partition coefficient (Wildman–Crippen LogP) is 15.1. The second kappa shape index (κ2) is 14.3. The van der Waals surface area contributed by atoms with Crippen molar-refractivity contribution in [3.05, 3.63) is 256 Å². The van der Waals surface area contributed by atoms with Gasteiger partial charge < -0.3 is 0 Å². The van der Waals surface area contributed by atoms with E-state index in [2.05, 4.69) is 221 Å². The largest absolute Gasteiger partial charge is 0.232 e. The van der Waals surface area contributed by atoms with Crippen molar-refractivity contribution in [1.82, 2.24) is 0 Å². The molecular formula is C61H46N2. The minimum Gasteiger partial charge on any atom is -0.232 e. The van der Waals surface area contributed by atoms with Crippen LogP contribution in [-0.2, 0) is 10.8 Å². The first-order chi connectivity index (χ1) is 30.9. The average Bonchev–Trinajstić information content (AvgIpc) is 3.63. The molecule has 0 fully saturated rings. The minimum atomic E-state index is -0.479. The molecule has 0 radical (unpaired) electrons. The van der Waals surface area contributed by atoms with Crippen LogP contribution >= 0.6 is 0 Å². The number of fused-ring (bicyclic) bond motifs is 12. The molecule has 63 heavy (non-hydrogen) atoms. The molecule has 9 aromatic rings. The van der Waals surface area contributed by atoms with E-state index >= 15 is 0 Å². The van der Waals surface area contributed by atoms with Gasteiger partial charge in [-0.25, -0.2) is 9.98 Å². The van der Waals surface area contributed by atoms with Crippen molar-refractivity contribution >= 4 is 38.8 Å². The summed E-state index contributed by atoms with van der Waals surface area (Å²) in [4.78, 5) is 11.4. The van der Waals surface area contributed by atoms with Gasteiger partial charge >= 0.3 is 0 Å². The zero-order valence-corrected chi connectivity index (χ0v) is 35.9. The summed E-state index contributed by atoms with van der Waals surface area (Å²) in [5.41, 5.74) is 19.0. The zero-order valence-electron chi connectivity index (χ0n) is 35.9. The van der Waals surface area contributed by atoms with E-state index in [1.165, 1.54) is 77.4 Å². The molecule has 1 aliphatic heterocycles. The van der Waals surface area contributed by atoms with Crippen LogP contribution in [0.15, 0.2) is 216 Å². The number of hydrogen-bond donors (Lipinski definition) is 0. The van der Waals surface area contributed by atoms with E-state index in [1.54, 1.807) is 0 Å². The van der Waals surface area contributed by atoms with Gasteiger partial charge in [-0.05, 0) is 120 Å². The van der Waals surface area contributed by atoms with Crippen molar-refractivity contribution in [2.24, 2.45) is 9.98 Å². The average molecular weight is 807 g/mol. The molecule has 9 aromatic carbocycles. The van der Waals surface area contributed by atoms with Gasteiger partial charge in [0.15, 0.2) is 5.84 Å². The number of rotatable bonds is 4. The maximum atomic E-state index is 5.77. The van der Waals surface area contributed by atoms with E-state index in [4.69, 9.17) is 9.98 Å². The summed E-state index contributed by atoms with van der Waals surface area (Å²) in [6, 6.07) is 73.8. The maximum absolute atomic E-state index is 5.77. The fourth-order valence-electron chi connectivity index (χ4n) is 11.2. The molecule has 2 nitrogen and oxygen atoms in total. The van der Waals surface area contributed by atoms with Crippen molar-refractivity contribution in [2.75, 3.05) is 0 Å². The summed E-state index contributed by atoms with van der Waals surface area (Å²) >= 11 is 0. The van der Waals surface area contributed by atoms with Gasteiger partial charge in [0, 0.05) is 16.5 Å². The highest BCUT2D eigenvalue weighted by atomic mass is 14.9. The molecule has 1 heterocycles. The molecule has 0 bridgehead atoms. The highest BCUT2D eigenvalue weighted by molar-refractivity contribution is 6.22. The molecule has 0 N–H and O–H groups in total. The van der Waals surface area contributed by atoms with Gasteiger partial charge in [-0.1, -0.05) is 202 Å². The molecule has 12 rings (SSSR count). The third-order valence-electron chi connectivity index (χ3n) is 14.3. The van der Waals surface area contributed by atoms with Gasteiger partial charge in [0.2, 0.25) is 0 Å². The number of allylic oxidation sites excluding steroid dienone is 1. The van der Waals surface area contributed by atoms with E-state index in [0.29, 0.717) is 0 Å². The van der Waals surface area contributed by atoms with Crippen molar-refractivity contribution in [3.8, 4) is 22.3 Å². The second-order valence-corrected chi connectivity index (χ2v) is 18.0. The molecule has 0 saturated carbocycles. The van der Waals surface area contributed by atoms with E-state index in [-0.39, 0.29) is 5.41 Å². The second-order valence-electron chi connectivity index (χ2n) is 18.0. The summed E-state index contributed by atoms with van der Waals surface area (Å²) in [6.07, 6.45) is 1.62. The first-order valence-corrected chi connectivity index (χ1v) is 22.3. The topological polar surface area (TPSA) is 24.7 Å². The molecule has 1 spiro atoms. The Hall–Kier alpha value is -7.42. The van der Waals surface area contributed by atoms with Gasteiger partial charge in [0.25, 0.3) is 0 Å². The lowest BCUT2D eigenvalue weighted by molar-refractivity contribution is 0.563. The van der Waals surface area contributed by atoms with E-state index in [9.17, 15) is 0 Å². The van der Waals surface area contributed by atoms with Crippen molar-refractivity contribution < 1.29 is 0 Å². The molecule has 2 heteroatoms. The van der Waals surface area contributed by atoms with Crippen LogP contribution in [0.2, 0.25) is 0 Å². The number of benzene rings is 9. The Labute approximate surface area is 369 Å². The van der Waals surface area contributed by atoms with Gasteiger partial charge in [0.1, 0.15) is 0 Å². The van der Waals surface area contributed by atoms with Crippen LogP contribution in [0.25, 0.3) is 49.5 Å². The van der Waals surface area contributed by atoms with Crippen molar-refractivity contribution in [2.45, 2.75) is 44.4 Å². The molecule has 0 amide bonds. The summed E-state index contributed by atoms with van der Waals surface area (Å²) in [5.74, 6) is 0.739. The van der Waals surface area contributed by atoms with Gasteiger partial charge in [0.05, 0.1) is 16.8 Å². The Kier molecular flexibility index (Phi) is 8.49. The van der Waals surface area contributed by atoms with Crippen LogP contribution in [-0.4, -0.2) is 11.5 Å². The van der Waals surface area contributed by atoms with Crippen LogP contribution in [0.3, 0.4) is 0 Å². The van der Waals surface area contributed by atoms with Crippen LogP contribution in [0.4, 0.5) is 0 Å². The molecule has 0 aromatic heterocycles. The lowest BCUT2D eigenvalue weighted by atomic mass is 9.55. The lowest BCUT2D eigenvalue weighted by Gasteiger charge is -2.47. The van der Waals surface area contributed by atoms with Crippen LogP contribution < -0.4 is 0 Å². The Morgan fingerprint density at radius 1 is 0.381 bits per heavy atom. The Bertz CT molecular complexity index is 3370. The Balaban J connectivity index is 1.10. The lowest BCUT2D eigenvalue weighted by Crippen LogP contribution is -2.41. The maximum Gasteiger partial charge on any atom is 0.160 e. The molecule has 2 aliphatic carbocycles. The summed E-state index contributed by atoms with van der Waals surface area (Å²) in [5, 5.41) is 4.77. The van der Waals surface area contributed by atoms with Crippen LogP contribution in [0, 0.1) is 0 Å². The van der Waals surface area contributed by atoms with Crippen LogP contribution in [0.5, 0.6) is 0 Å².